The number of carboxylic acids is 1. The lowest BCUT2D eigenvalue weighted by atomic mass is 9.98. The molecule has 19 heavy (non-hydrogen) atoms. The summed E-state index contributed by atoms with van der Waals surface area (Å²) < 4.78 is 5.55. The third-order valence-corrected chi connectivity index (χ3v) is 3.76. The Hall–Kier alpha value is -1.10. The smallest absolute Gasteiger partial charge is 0.326 e. The van der Waals surface area contributed by atoms with Crippen molar-refractivity contribution < 1.29 is 19.4 Å². The van der Waals surface area contributed by atoms with Gasteiger partial charge in [-0.2, -0.15) is 0 Å². The van der Waals surface area contributed by atoms with Crippen LogP contribution in [0.25, 0.3) is 0 Å². The molecular formula is C14H25NO4. The van der Waals surface area contributed by atoms with Gasteiger partial charge >= 0.3 is 5.97 Å². The van der Waals surface area contributed by atoms with Crippen LogP contribution in [0.1, 0.15) is 52.4 Å². The molecule has 110 valence electrons. The molecule has 0 aromatic carbocycles. The Morgan fingerprint density at radius 1 is 1.42 bits per heavy atom. The van der Waals surface area contributed by atoms with Gasteiger partial charge in [0.15, 0.2) is 0 Å². The first-order valence-corrected chi connectivity index (χ1v) is 7.18. The van der Waals surface area contributed by atoms with E-state index in [1.807, 2.05) is 13.8 Å². The molecule has 1 rings (SSSR count). The Morgan fingerprint density at radius 3 is 2.68 bits per heavy atom. The largest absolute Gasteiger partial charge is 0.480 e. The Labute approximate surface area is 114 Å². The fourth-order valence-corrected chi connectivity index (χ4v) is 2.26. The van der Waals surface area contributed by atoms with Crippen molar-refractivity contribution in [2.24, 2.45) is 5.92 Å². The van der Waals surface area contributed by atoms with Crippen LogP contribution in [-0.2, 0) is 14.3 Å². The minimum Gasteiger partial charge on any atom is -0.480 e. The molecule has 1 aliphatic rings. The number of amides is 1. The normalized spacial score (nSPS) is 22.5. The average molecular weight is 271 g/mol. The maximum atomic E-state index is 11.8. The van der Waals surface area contributed by atoms with Crippen molar-refractivity contribution in [2.75, 3.05) is 6.61 Å². The van der Waals surface area contributed by atoms with E-state index in [4.69, 9.17) is 9.84 Å². The summed E-state index contributed by atoms with van der Waals surface area (Å²) in [6, 6.07) is -0.787. The Balaban J connectivity index is 2.33. The van der Waals surface area contributed by atoms with Crippen molar-refractivity contribution in [3.05, 3.63) is 0 Å². The third kappa shape index (κ3) is 5.59. The molecule has 1 saturated heterocycles. The molecule has 3 atom stereocenters. The maximum absolute atomic E-state index is 11.8. The molecule has 1 amide bonds. The van der Waals surface area contributed by atoms with Gasteiger partial charge in [0.2, 0.25) is 5.91 Å². The molecule has 1 fully saturated rings. The Morgan fingerprint density at radius 2 is 2.16 bits per heavy atom. The van der Waals surface area contributed by atoms with Gasteiger partial charge < -0.3 is 15.2 Å². The third-order valence-electron chi connectivity index (χ3n) is 3.76. The van der Waals surface area contributed by atoms with E-state index in [0.29, 0.717) is 12.8 Å². The molecule has 0 saturated carbocycles. The molecule has 0 spiro atoms. The fourth-order valence-electron chi connectivity index (χ4n) is 2.26. The van der Waals surface area contributed by atoms with Crippen LogP contribution in [0.15, 0.2) is 0 Å². The zero-order valence-electron chi connectivity index (χ0n) is 11.9. The highest BCUT2D eigenvalue weighted by atomic mass is 16.5. The lowest BCUT2D eigenvalue weighted by Gasteiger charge is -2.23. The van der Waals surface area contributed by atoms with E-state index in [0.717, 1.165) is 32.3 Å². The summed E-state index contributed by atoms with van der Waals surface area (Å²) in [5.74, 6) is -1.22. The molecule has 0 aromatic heterocycles. The van der Waals surface area contributed by atoms with E-state index >= 15 is 0 Å². The summed E-state index contributed by atoms with van der Waals surface area (Å²) in [5.41, 5.74) is 0. The standard InChI is InChI=1S/C14H25NO4/c1-3-10(2)13(14(17)18)15-12(16)8-7-11-6-4-5-9-19-11/h10-11,13H,3-9H2,1-2H3,(H,15,16)(H,17,18). The molecule has 0 bridgehead atoms. The van der Waals surface area contributed by atoms with Crippen LogP contribution in [0.3, 0.4) is 0 Å². The number of carboxylic acid groups (broad SMARTS) is 1. The number of carbonyl (C=O) groups excluding carboxylic acids is 1. The molecule has 1 aliphatic heterocycles. The minimum atomic E-state index is -0.961. The number of hydrogen-bond donors (Lipinski definition) is 2. The van der Waals surface area contributed by atoms with Gasteiger partial charge in [-0.15, -0.1) is 0 Å². The summed E-state index contributed by atoms with van der Waals surface area (Å²) in [7, 11) is 0. The lowest BCUT2D eigenvalue weighted by molar-refractivity contribution is -0.143. The van der Waals surface area contributed by atoms with Gasteiger partial charge in [0.1, 0.15) is 6.04 Å². The van der Waals surface area contributed by atoms with Gasteiger partial charge in [-0.05, 0) is 31.6 Å². The SMILES string of the molecule is CCC(C)C(NC(=O)CCC1CCCCO1)C(=O)O. The molecular weight excluding hydrogens is 246 g/mol. The molecule has 5 heteroatoms. The van der Waals surface area contributed by atoms with Crippen LogP contribution >= 0.6 is 0 Å². The molecule has 0 aromatic rings. The van der Waals surface area contributed by atoms with Gasteiger partial charge in [0, 0.05) is 13.0 Å². The summed E-state index contributed by atoms with van der Waals surface area (Å²) in [4.78, 5) is 22.9. The quantitative estimate of drug-likeness (QED) is 0.742. The first kappa shape index (κ1) is 16.0. The van der Waals surface area contributed by atoms with E-state index < -0.39 is 12.0 Å². The second-order valence-corrected chi connectivity index (χ2v) is 5.30. The van der Waals surface area contributed by atoms with Gasteiger partial charge in [-0.3, -0.25) is 4.79 Å². The molecule has 3 unspecified atom stereocenters. The van der Waals surface area contributed by atoms with Crippen LogP contribution < -0.4 is 5.32 Å². The van der Waals surface area contributed by atoms with Crippen molar-refractivity contribution in [1.82, 2.24) is 5.32 Å². The maximum Gasteiger partial charge on any atom is 0.326 e. The van der Waals surface area contributed by atoms with Gasteiger partial charge in [0.05, 0.1) is 6.10 Å². The summed E-state index contributed by atoms with van der Waals surface area (Å²) in [5, 5.41) is 11.7. The van der Waals surface area contributed by atoms with Crippen LogP contribution in [0.4, 0.5) is 0 Å². The van der Waals surface area contributed by atoms with Crippen molar-refractivity contribution in [3.63, 3.8) is 0 Å². The minimum absolute atomic E-state index is 0.0626. The molecule has 5 nitrogen and oxygen atoms in total. The zero-order chi connectivity index (χ0) is 14.3. The highest BCUT2D eigenvalue weighted by Gasteiger charge is 2.25. The Kier molecular flexibility index (Phi) is 6.84. The predicted octanol–water partition coefficient (Wildman–Crippen LogP) is 1.95. The van der Waals surface area contributed by atoms with E-state index in [-0.39, 0.29) is 17.9 Å². The van der Waals surface area contributed by atoms with Crippen LogP contribution in [0.5, 0.6) is 0 Å². The summed E-state index contributed by atoms with van der Waals surface area (Å²) >= 11 is 0. The van der Waals surface area contributed by atoms with Crippen molar-refractivity contribution >= 4 is 11.9 Å². The number of carbonyl (C=O) groups is 2. The second-order valence-electron chi connectivity index (χ2n) is 5.30. The van der Waals surface area contributed by atoms with Crippen LogP contribution in [-0.4, -0.2) is 35.7 Å². The monoisotopic (exact) mass is 271 g/mol. The number of rotatable bonds is 7. The highest BCUT2D eigenvalue weighted by Crippen LogP contribution is 2.17. The fraction of sp³-hybridized carbons (Fsp3) is 0.857. The van der Waals surface area contributed by atoms with Gasteiger partial charge in [-0.25, -0.2) is 4.79 Å². The molecule has 1 heterocycles. The number of aliphatic carboxylic acids is 1. The number of hydrogen-bond acceptors (Lipinski definition) is 3. The van der Waals surface area contributed by atoms with Gasteiger partial charge in [-0.1, -0.05) is 20.3 Å². The lowest BCUT2D eigenvalue weighted by Crippen LogP contribution is -2.45. The topological polar surface area (TPSA) is 75.6 Å². The van der Waals surface area contributed by atoms with E-state index in [9.17, 15) is 9.59 Å². The predicted molar refractivity (Wildman–Crippen MR) is 71.8 cm³/mol. The zero-order valence-corrected chi connectivity index (χ0v) is 11.9. The number of nitrogens with one attached hydrogen (secondary N) is 1. The number of ether oxygens (including phenoxy) is 1. The Bertz CT molecular complexity index is 300. The van der Waals surface area contributed by atoms with E-state index in [1.54, 1.807) is 0 Å². The molecule has 2 N–H and O–H groups in total. The first-order valence-electron chi connectivity index (χ1n) is 7.18. The van der Waals surface area contributed by atoms with E-state index in [1.165, 1.54) is 0 Å². The first-order chi connectivity index (χ1) is 9.04. The second kappa shape index (κ2) is 8.15. The van der Waals surface area contributed by atoms with E-state index in [2.05, 4.69) is 5.32 Å². The van der Waals surface area contributed by atoms with Crippen molar-refractivity contribution in [3.8, 4) is 0 Å². The average Bonchev–Trinajstić information content (AvgIpc) is 2.42. The molecule has 0 radical (unpaired) electrons. The van der Waals surface area contributed by atoms with Crippen LogP contribution in [0.2, 0.25) is 0 Å². The summed E-state index contributed by atoms with van der Waals surface area (Å²) in [6.45, 7) is 4.53. The van der Waals surface area contributed by atoms with Crippen molar-refractivity contribution in [2.45, 2.75) is 64.5 Å². The summed E-state index contributed by atoms with van der Waals surface area (Å²) in [6.07, 6.45) is 5.15. The molecule has 0 aliphatic carbocycles. The highest BCUT2D eigenvalue weighted by molar-refractivity contribution is 5.83. The van der Waals surface area contributed by atoms with Crippen LogP contribution in [0, 0.1) is 5.92 Å². The van der Waals surface area contributed by atoms with Gasteiger partial charge in [0.25, 0.3) is 0 Å². The van der Waals surface area contributed by atoms with Crippen molar-refractivity contribution in [1.29, 1.82) is 0 Å².